The molecule has 0 fully saturated rings. The minimum absolute atomic E-state index is 0.0137. The van der Waals surface area contributed by atoms with Crippen LogP contribution in [0.25, 0.3) is 0 Å². The summed E-state index contributed by atoms with van der Waals surface area (Å²) in [6.07, 6.45) is -2.62. The Balaban J connectivity index is 5.12. The van der Waals surface area contributed by atoms with Crippen molar-refractivity contribution in [1.29, 1.82) is 0 Å². The van der Waals surface area contributed by atoms with Gasteiger partial charge in [0.1, 0.15) is 5.83 Å². The maximum absolute atomic E-state index is 13.2. The second kappa shape index (κ2) is 5.14. The quantitative estimate of drug-likeness (QED) is 0.485. The molecule has 0 rings (SSSR count). The highest BCUT2D eigenvalue weighted by Gasteiger charge is 2.31. The molecule has 0 bridgehead atoms. The first kappa shape index (κ1) is 13.9. The summed E-state index contributed by atoms with van der Waals surface area (Å²) in [5, 5.41) is 0. The van der Waals surface area contributed by atoms with Gasteiger partial charge in [0.05, 0.1) is 0 Å². The lowest BCUT2D eigenvalue weighted by atomic mass is 9.99. The van der Waals surface area contributed by atoms with Gasteiger partial charge >= 0.3 is 6.18 Å². The standard InChI is InChI=1S/C11H14F4/c1-5-10(12)9(7(2)3)6-8(4)11(13,14)15/h5-7H,4H2,1-3H3/b9-6-,10-5+. The van der Waals surface area contributed by atoms with Crippen LogP contribution in [0.15, 0.2) is 35.7 Å². The first-order valence-corrected chi connectivity index (χ1v) is 4.50. The molecule has 0 atom stereocenters. The first-order valence-electron chi connectivity index (χ1n) is 4.50. The lowest BCUT2D eigenvalue weighted by molar-refractivity contribution is -0.0879. The van der Waals surface area contributed by atoms with E-state index in [0.717, 1.165) is 12.2 Å². The van der Waals surface area contributed by atoms with Gasteiger partial charge in [0.2, 0.25) is 0 Å². The Labute approximate surface area is 87.0 Å². The molecule has 0 saturated heterocycles. The van der Waals surface area contributed by atoms with Crippen LogP contribution in [0, 0.1) is 5.92 Å². The lowest BCUT2D eigenvalue weighted by Gasteiger charge is -2.12. The minimum atomic E-state index is -4.51. The summed E-state index contributed by atoms with van der Waals surface area (Å²) in [5.74, 6) is -0.962. The minimum Gasteiger partial charge on any atom is -0.207 e. The summed E-state index contributed by atoms with van der Waals surface area (Å²) in [4.78, 5) is 0. The topological polar surface area (TPSA) is 0 Å². The van der Waals surface area contributed by atoms with Gasteiger partial charge in [-0.3, -0.25) is 0 Å². The molecule has 0 radical (unpaired) electrons. The monoisotopic (exact) mass is 222 g/mol. The van der Waals surface area contributed by atoms with Gasteiger partial charge in [0.15, 0.2) is 0 Å². The van der Waals surface area contributed by atoms with Gasteiger partial charge < -0.3 is 0 Å². The van der Waals surface area contributed by atoms with Crippen LogP contribution < -0.4 is 0 Å². The van der Waals surface area contributed by atoms with Crippen LogP contribution in [-0.2, 0) is 0 Å². The lowest BCUT2D eigenvalue weighted by Crippen LogP contribution is -2.10. The van der Waals surface area contributed by atoms with E-state index in [2.05, 4.69) is 6.58 Å². The van der Waals surface area contributed by atoms with E-state index in [-0.39, 0.29) is 11.5 Å². The Morgan fingerprint density at radius 3 is 2.00 bits per heavy atom. The van der Waals surface area contributed by atoms with Gasteiger partial charge in [0.25, 0.3) is 0 Å². The van der Waals surface area contributed by atoms with E-state index in [1.54, 1.807) is 13.8 Å². The molecule has 4 heteroatoms. The van der Waals surface area contributed by atoms with E-state index in [1.165, 1.54) is 6.92 Å². The van der Waals surface area contributed by atoms with Crippen molar-refractivity contribution in [2.75, 3.05) is 0 Å². The van der Waals surface area contributed by atoms with Crippen LogP contribution >= 0.6 is 0 Å². The Morgan fingerprint density at radius 1 is 1.27 bits per heavy atom. The normalized spacial score (nSPS) is 14.7. The van der Waals surface area contributed by atoms with Crippen molar-refractivity contribution >= 4 is 0 Å². The highest BCUT2D eigenvalue weighted by atomic mass is 19.4. The van der Waals surface area contributed by atoms with E-state index >= 15 is 0 Å². The Bertz CT molecular complexity index is 292. The average Bonchev–Trinajstić information content (AvgIpc) is 2.10. The maximum Gasteiger partial charge on any atom is 0.415 e. The van der Waals surface area contributed by atoms with Crippen molar-refractivity contribution in [2.45, 2.75) is 26.9 Å². The third-order valence-corrected chi connectivity index (χ3v) is 1.85. The highest BCUT2D eigenvalue weighted by molar-refractivity contribution is 5.35. The molecule has 0 amide bonds. The van der Waals surface area contributed by atoms with Gasteiger partial charge in [-0.05, 0) is 24.5 Å². The molecule has 0 heterocycles. The van der Waals surface area contributed by atoms with Gasteiger partial charge in [0, 0.05) is 5.57 Å². The predicted octanol–water partition coefficient (Wildman–Crippen LogP) is 4.56. The fourth-order valence-electron chi connectivity index (χ4n) is 0.948. The third-order valence-electron chi connectivity index (χ3n) is 1.85. The molecule has 0 aliphatic rings. The average molecular weight is 222 g/mol. The Kier molecular flexibility index (Phi) is 4.78. The molecule has 0 aromatic carbocycles. The van der Waals surface area contributed by atoms with Crippen molar-refractivity contribution in [1.82, 2.24) is 0 Å². The highest BCUT2D eigenvalue weighted by Crippen LogP contribution is 2.29. The Hall–Kier alpha value is -1.06. The molecule has 0 aliphatic heterocycles. The smallest absolute Gasteiger partial charge is 0.207 e. The van der Waals surface area contributed by atoms with Crippen LogP contribution in [0.2, 0.25) is 0 Å². The van der Waals surface area contributed by atoms with Crippen molar-refractivity contribution in [3.63, 3.8) is 0 Å². The van der Waals surface area contributed by atoms with Crippen molar-refractivity contribution < 1.29 is 17.6 Å². The molecule has 86 valence electrons. The number of allylic oxidation sites excluding steroid dienone is 5. The molecule has 0 aromatic heterocycles. The second-order valence-corrected chi connectivity index (χ2v) is 3.41. The van der Waals surface area contributed by atoms with E-state index in [0.29, 0.717) is 0 Å². The van der Waals surface area contributed by atoms with Crippen molar-refractivity contribution in [2.24, 2.45) is 5.92 Å². The van der Waals surface area contributed by atoms with E-state index in [4.69, 9.17) is 0 Å². The van der Waals surface area contributed by atoms with Crippen molar-refractivity contribution in [3.05, 3.63) is 35.7 Å². The number of alkyl halides is 3. The summed E-state index contributed by atoms with van der Waals surface area (Å²) in [6, 6.07) is 0. The molecule has 0 aromatic rings. The molecule has 0 saturated carbocycles. The van der Waals surface area contributed by atoms with Crippen LogP contribution in [0.4, 0.5) is 17.6 Å². The van der Waals surface area contributed by atoms with Gasteiger partial charge in [-0.25, -0.2) is 4.39 Å². The Morgan fingerprint density at radius 2 is 1.73 bits per heavy atom. The summed E-state index contributed by atoms with van der Waals surface area (Å²) in [6.45, 7) is 7.55. The number of hydrogen-bond acceptors (Lipinski definition) is 0. The summed E-state index contributed by atoms with van der Waals surface area (Å²) < 4.78 is 49.6. The van der Waals surface area contributed by atoms with E-state index < -0.39 is 17.6 Å². The fourth-order valence-corrected chi connectivity index (χ4v) is 0.948. The molecular formula is C11H14F4. The number of rotatable bonds is 3. The predicted molar refractivity (Wildman–Crippen MR) is 53.0 cm³/mol. The fraction of sp³-hybridized carbons (Fsp3) is 0.455. The summed E-state index contributed by atoms with van der Waals surface area (Å²) in [5.41, 5.74) is -1.02. The zero-order valence-corrected chi connectivity index (χ0v) is 8.95. The largest absolute Gasteiger partial charge is 0.415 e. The first-order chi connectivity index (χ1) is 6.70. The van der Waals surface area contributed by atoms with Gasteiger partial charge in [-0.2, -0.15) is 13.2 Å². The summed E-state index contributed by atoms with van der Waals surface area (Å²) >= 11 is 0. The zero-order valence-electron chi connectivity index (χ0n) is 8.95. The van der Waals surface area contributed by atoms with Gasteiger partial charge in [-0.1, -0.05) is 26.5 Å². The molecular weight excluding hydrogens is 208 g/mol. The molecule has 0 unspecified atom stereocenters. The van der Waals surface area contributed by atoms with E-state index in [9.17, 15) is 17.6 Å². The van der Waals surface area contributed by atoms with Crippen LogP contribution in [-0.4, -0.2) is 6.18 Å². The molecule has 0 N–H and O–H groups in total. The summed E-state index contributed by atoms with van der Waals surface area (Å²) in [7, 11) is 0. The van der Waals surface area contributed by atoms with Crippen LogP contribution in [0.5, 0.6) is 0 Å². The zero-order chi connectivity index (χ0) is 12.2. The third kappa shape index (κ3) is 4.32. The molecule has 0 aliphatic carbocycles. The molecule has 15 heavy (non-hydrogen) atoms. The second-order valence-electron chi connectivity index (χ2n) is 3.41. The maximum atomic E-state index is 13.2. The number of hydrogen-bond donors (Lipinski definition) is 0. The number of halogens is 4. The van der Waals surface area contributed by atoms with Crippen LogP contribution in [0.3, 0.4) is 0 Å². The molecule has 0 spiro atoms. The van der Waals surface area contributed by atoms with Crippen molar-refractivity contribution in [3.8, 4) is 0 Å². The van der Waals surface area contributed by atoms with Gasteiger partial charge in [-0.15, -0.1) is 0 Å². The molecule has 0 nitrogen and oxygen atoms in total. The van der Waals surface area contributed by atoms with Crippen LogP contribution in [0.1, 0.15) is 20.8 Å². The SMILES string of the molecule is C=C(/C=C(\C(F)=C/C)C(C)C)C(F)(F)F. The van der Waals surface area contributed by atoms with E-state index in [1.807, 2.05) is 0 Å².